The van der Waals surface area contributed by atoms with Crippen LogP contribution in [0.15, 0.2) is 206 Å². The zero-order valence-electron chi connectivity index (χ0n) is 81.7. The molecule has 722 valence electrons. The van der Waals surface area contributed by atoms with Crippen LogP contribution in [0.3, 0.4) is 0 Å². The summed E-state index contributed by atoms with van der Waals surface area (Å²) in [6.07, 6.45) is 30.0. The number of nitrogens with two attached hydrogens (primary N) is 3. The highest BCUT2D eigenvalue weighted by Gasteiger charge is 2.18. The number of likely N-dealkylation sites (N-methyl/N-ethyl adjacent to an activating group) is 3. The Kier molecular flexibility index (Phi) is 40.1. The molecule has 0 atom stereocenters. The maximum absolute atomic E-state index is 6.78. The van der Waals surface area contributed by atoms with Gasteiger partial charge in [0.25, 0.3) is 0 Å². The van der Waals surface area contributed by atoms with Crippen molar-refractivity contribution in [2.45, 2.75) is 137 Å². The lowest BCUT2D eigenvalue weighted by molar-refractivity contribution is 0.295. The van der Waals surface area contributed by atoms with Crippen molar-refractivity contribution in [3.63, 3.8) is 0 Å². The molecular formula is C99H140N30O6. The van der Waals surface area contributed by atoms with Crippen LogP contribution >= 0.6 is 0 Å². The van der Waals surface area contributed by atoms with Crippen molar-refractivity contribution in [3.8, 4) is 34.5 Å². The highest BCUT2D eigenvalue weighted by molar-refractivity contribution is 5.82. The SMILES string of the molecule is CN(C)C/C(N)=C/NCc1cc(CN/C=C(\N)CN(C)C)cc(OCc2cc(COc3cc(Cn4cc(CN(C)C)nn4)cc(Cn4cc(CN(C)C)nn4)c3)cc(OC/C=C/CC/C=C/CC/C=C/COc3cc(COc4cc(CN/N=C(\N)CN(C)C)cc(Cn5cc(CN(C)C)nn5)c4)cc(COc4cc(Cn5cc(CN(C)C)nn5)cc(Cn5cc(CN(C)C)nn5)c4)c3)c2)c1. The molecule has 0 spiro atoms. The van der Waals surface area contributed by atoms with Crippen LogP contribution in [0, 0.1) is 0 Å². The minimum atomic E-state index is 0.232. The molecular weight excluding hydrogens is 1710 g/mol. The van der Waals surface area contributed by atoms with Gasteiger partial charge in [-0.05, 0) is 290 Å². The molecule has 5 heterocycles. The normalized spacial score (nSPS) is 12.4. The van der Waals surface area contributed by atoms with Crippen LogP contribution in [-0.4, -0.2) is 266 Å². The molecule has 5 aromatic heterocycles. The first kappa shape index (κ1) is 102. The van der Waals surface area contributed by atoms with E-state index >= 15 is 0 Å². The molecule has 0 saturated heterocycles. The molecule has 11 rings (SSSR count). The van der Waals surface area contributed by atoms with Crippen molar-refractivity contribution < 1.29 is 28.4 Å². The zero-order chi connectivity index (χ0) is 96.0. The van der Waals surface area contributed by atoms with Crippen LogP contribution in [0.2, 0.25) is 0 Å². The highest BCUT2D eigenvalue weighted by atomic mass is 16.5. The van der Waals surface area contributed by atoms with Gasteiger partial charge >= 0.3 is 0 Å². The molecule has 0 amide bonds. The summed E-state index contributed by atoms with van der Waals surface area (Å²) < 4.78 is 49.4. The third kappa shape index (κ3) is 38.3. The molecule has 9 N–H and O–H groups in total. The monoisotopic (exact) mass is 1850 g/mol. The summed E-state index contributed by atoms with van der Waals surface area (Å²) in [5.74, 6) is 4.60. The van der Waals surface area contributed by atoms with E-state index in [1.165, 1.54) is 0 Å². The third-order valence-electron chi connectivity index (χ3n) is 20.2. The number of aromatic nitrogens is 15. The average molecular weight is 1850 g/mol. The number of nitrogens with zero attached hydrogens (tertiary/aromatic N) is 24. The van der Waals surface area contributed by atoms with E-state index in [9.17, 15) is 0 Å². The molecule has 0 aliphatic carbocycles. The van der Waals surface area contributed by atoms with E-state index in [1.807, 2.05) is 231 Å². The van der Waals surface area contributed by atoms with Crippen LogP contribution in [0.1, 0.15) is 121 Å². The lowest BCUT2D eigenvalue weighted by Crippen LogP contribution is -2.30. The maximum atomic E-state index is 6.78. The number of allylic oxidation sites excluding steroid dienone is 4. The van der Waals surface area contributed by atoms with Gasteiger partial charge in [0.05, 0.1) is 105 Å². The molecule has 0 fully saturated rings. The minimum absolute atomic E-state index is 0.232. The molecule has 135 heavy (non-hydrogen) atoms. The van der Waals surface area contributed by atoms with E-state index in [2.05, 4.69) is 206 Å². The number of hydrogen-bond acceptors (Lipinski definition) is 30. The van der Waals surface area contributed by atoms with Gasteiger partial charge in [-0.3, -0.25) is 0 Å². The predicted octanol–water partition coefficient (Wildman–Crippen LogP) is 9.02. The summed E-state index contributed by atoms with van der Waals surface area (Å²) in [6.45, 7) is 10.7. The van der Waals surface area contributed by atoms with Gasteiger partial charge in [0.15, 0.2) is 0 Å². The average Bonchev–Trinajstić information content (AvgIpc) is 1.78. The first-order chi connectivity index (χ1) is 65.0. The Hall–Kier alpha value is -13.3. The van der Waals surface area contributed by atoms with E-state index in [1.54, 1.807) is 0 Å². The summed E-state index contributed by atoms with van der Waals surface area (Å²) in [5, 5.41) is 55.8. The smallest absolute Gasteiger partial charge is 0.133 e. The van der Waals surface area contributed by atoms with E-state index < -0.39 is 0 Å². The van der Waals surface area contributed by atoms with Gasteiger partial charge in [-0.1, -0.05) is 86.8 Å². The van der Waals surface area contributed by atoms with Crippen LogP contribution < -0.4 is 61.7 Å². The van der Waals surface area contributed by atoms with Crippen molar-refractivity contribution in [3.05, 3.63) is 296 Å². The van der Waals surface area contributed by atoms with Crippen molar-refractivity contribution in [2.75, 3.05) is 146 Å². The number of ether oxygens (including phenoxy) is 6. The lowest BCUT2D eigenvalue weighted by Gasteiger charge is -2.15. The topological polar surface area (TPSA) is 361 Å². The number of hydrazone groups is 1. The van der Waals surface area contributed by atoms with Crippen molar-refractivity contribution in [1.82, 2.24) is 130 Å². The van der Waals surface area contributed by atoms with E-state index in [-0.39, 0.29) is 26.4 Å². The number of amidine groups is 1. The summed E-state index contributed by atoms with van der Waals surface area (Å²) in [7, 11) is 32.0. The number of unbranched alkanes of at least 4 members (excludes halogenated alkanes) is 2. The number of rotatable bonds is 59. The van der Waals surface area contributed by atoms with E-state index in [0.29, 0.717) is 158 Å². The Morgan fingerprint density at radius 2 is 0.526 bits per heavy atom. The van der Waals surface area contributed by atoms with Crippen molar-refractivity contribution in [2.24, 2.45) is 22.3 Å². The second-order valence-electron chi connectivity index (χ2n) is 36.3. The summed E-state index contributed by atoms with van der Waals surface area (Å²) in [5.41, 5.74) is 39.5. The number of nitrogens with one attached hydrogen (secondary N) is 3. The van der Waals surface area contributed by atoms with Gasteiger partial charge < -0.3 is 101 Å². The van der Waals surface area contributed by atoms with Gasteiger partial charge in [-0.15, -0.1) is 25.5 Å². The fourth-order valence-corrected chi connectivity index (χ4v) is 14.9. The molecule has 36 heteroatoms. The third-order valence-corrected chi connectivity index (χ3v) is 20.2. The molecule has 0 saturated carbocycles. The Labute approximate surface area is 795 Å². The maximum Gasteiger partial charge on any atom is 0.133 e. The zero-order valence-corrected chi connectivity index (χ0v) is 81.7. The first-order valence-corrected chi connectivity index (χ1v) is 45.5. The fraction of sp³-hybridized carbons (Fsp3) is 0.424. The Morgan fingerprint density at radius 3 is 0.807 bits per heavy atom. The molecule has 0 bridgehead atoms. The van der Waals surface area contributed by atoms with Gasteiger partial charge in [0.2, 0.25) is 0 Å². The van der Waals surface area contributed by atoms with Crippen LogP contribution in [-0.2, 0) is 112 Å². The molecule has 0 unspecified atom stereocenters. The molecule has 0 radical (unpaired) electrons. The molecule has 0 aliphatic heterocycles. The summed E-state index contributed by atoms with van der Waals surface area (Å²) >= 11 is 0. The van der Waals surface area contributed by atoms with Crippen LogP contribution in [0.25, 0.3) is 0 Å². The van der Waals surface area contributed by atoms with Crippen LogP contribution in [0.4, 0.5) is 0 Å². The van der Waals surface area contributed by atoms with Crippen molar-refractivity contribution >= 4 is 5.84 Å². The fourth-order valence-electron chi connectivity index (χ4n) is 14.9. The molecule has 36 nitrogen and oxygen atoms in total. The summed E-state index contributed by atoms with van der Waals surface area (Å²) in [4.78, 5) is 16.4. The van der Waals surface area contributed by atoms with Gasteiger partial charge in [-0.25, -0.2) is 23.4 Å². The Balaban J connectivity index is 0.758. The summed E-state index contributed by atoms with van der Waals surface area (Å²) in [6, 6.07) is 37.3. The highest BCUT2D eigenvalue weighted by Crippen LogP contribution is 2.30. The number of hydrogen-bond donors (Lipinski definition) is 6. The first-order valence-electron chi connectivity index (χ1n) is 45.5. The van der Waals surface area contributed by atoms with Crippen molar-refractivity contribution in [1.29, 1.82) is 0 Å². The van der Waals surface area contributed by atoms with Gasteiger partial charge in [0.1, 0.15) is 80.0 Å². The van der Waals surface area contributed by atoms with Gasteiger partial charge in [0, 0.05) is 82.7 Å². The van der Waals surface area contributed by atoms with Gasteiger partial charge in [-0.2, -0.15) is 5.10 Å². The second-order valence-corrected chi connectivity index (χ2v) is 36.3. The largest absolute Gasteiger partial charge is 0.490 e. The standard InChI is InChI=1S/C99H140N30O6/c1-117(2)57-86(100)50-103-47-74-29-75(48-104-51-87(101)58-118(3)4)36-95(35-74)132-70-82-33-84(72-134-97-39-78(53-126-65-89(107-113-126)60-120(7)8)31-79(40-97)54-127-66-90(108-114-127)61-121(9)10)45-93(43-82)130-27-25-23-21-19-17-18-20-22-24-26-28-131-94-44-83(71-133-96-37-76(49-105-111-99(102)69-124(15)16)30-77(38-96)52-125-64-88(106-112-125)59-119(5)6)34-85(46-94)73-135-98-41-80(55-128-67-91(109-115-128)62-122(11)12)32-81(42-98)56-129-68-92(110-116-129)63-123(13)14/h17-18,23-26,29-46,50-51,64-68,103-105H,19-22,27-28,47-49,52-63,69-73,100-101H2,1-16H3,(H2,102,111)/b18-17+,25-23+,26-24+,86-50-,87-51-. The molecule has 0 aliphatic rings. The predicted molar refractivity (Wildman–Crippen MR) is 528 cm³/mol. The minimum Gasteiger partial charge on any atom is -0.490 e. The van der Waals surface area contributed by atoms with E-state index in [4.69, 9.17) is 45.6 Å². The second kappa shape index (κ2) is 52.9. The number of benzene rings is 6. The molecule has 6 aromatic carbocycles. The Bertz CT molecular complexity index is 5490. The quantitative estimate of drug-likeness (QED) is 0.00680. The van der Waals surface area contributed by atoms with Crippen LogP contribution in [0.5, 0.6) is 34.5 Å². The molecule has 11 aromatic rings. The Morgan fingerprint density at radius 1 is 0.289 bits per heavy atom. The lowest BCUT2D eigenvalue weighted by atomic mass is 10.1. The van der Waals surface area contributed by atoms with E-state index in [0.717, 1.165) is 132 Å².